The van der Waals surface area contributed by atoms with Gasteiger partial charge in [-0.2, -0.15) is 0 Å². The van der Waals surface area contributed by atoms with E-state index in [1.165, 1.54) is 24.2 Å². The molecule has 0 saturated heterocycles. The van der Waals surface area contributed by atoms with Gasteiger partial charge in [-0.1, -0.05) is 6.42 Å². The van der Waals surface area contributed by atoms with Gasteiger partial charge < -0.3 is 10.1 Å². The Hall–Kier alpha value is -2.65. The van der Waals surface area contributed by atoms with E-state index in [4.69, 9.17) is 4.74 Å². The molecule has 3 amide bonds. The van der Waals surface area contributed by atoms with Gasteiger partial charge in [0.05, 0.1) is 7.11 Å². The minimum Gasteiger partial charge on any atom is -0.468 e. The number of unbranched alkanes of at least 4 members (excludes halogenated alkanes) is 2. The van der Waals surface area contributed by atoms with Crippen molar-refractivity contribution in [1.82, 2.24) is 10.2 Å². The van der Waals surface area contributed by atoms with Gasteiger partial charge in [0.25, 0.3) is 11.8 Å². The first kappa shape index (κ1) is 24.4. The van der Waals surface area contributed by atoms with Crippen molar-refractivity contribution in [1.29, 1.82) is 0 Å². The van der Waals surface area contributed by atoms with E-state index < -0.39 is 30.2 Å². The summed E-state index contributed by atoms with van der Waals surface area (Å²) < 4.78 is 37.0. The van der Waals surface area contributed by atoms with Crippen molar-refractivity contribution in [2.45, 2.75) is 38.5 Å². The van der Waals surface area contributed by atoms with E-state index >= 15 is 0 Å². The van der Waals surface area contributed by atoms with Crippen LogP contribution in [0.3, 0.4) is 0 Å². The maximum absolute atomic E-state index is 12.2. The highest BCUT2D eigenvalue weighted by Crippen LogP contribution is 2.42. The number of halogens is 3. The maximum atomic E-state index is 12.2. The van der Waals surface area contributed by atoms with Crippen molar-refractivity contribution in [3.8, 4) is 0 Å². The first-order chi connectivity index (χ1) is 13.8. The highest BCUT2D eigenvalue weighted by atomic mass is 19.2. The predicted octanol–water partition coefficient (Wildman–Crippen LogP) is 2.28. The molecule has 1 N–H and O–H groups in total. The van der Waals surface area contributed by atoms with Crippen molar-refractivity contribution >= 4 is 23.7 Å². The number of ether oxygens (including phenoxy) is 1. The molecule has 0 unspecified atom stereocenters. The van der Waals surface area contributed by atoms with Gasteiger partial charge in [0.15, 0.2) is 5.83 Å². The average molecular weight is 418 g/mol. The van der Waals surface area contributed by atoms with Crippen LogP contribution in [0.25, 0.3) is 0 Å². The molecule has 0 bridgehead atoms. The van der Waals surface area contributed by atoms with Gasteiger partial charge in [-0.15, -0.1) is 0 Å². The number of hydrogen-bond donors (Lipinski definition) is 1. The number of rotatable bonds is 9. The smallest absolute Gasteiger partial charge is 0.321 e. The molecule has 0 aromatic carbocycles. The van der Waals surface area contributed by atoms with Crippen LogP contribution in [0.5, 0.6) is 0 Å². The van der Waals surface area contributed by atoms with Crippen molar-refractivity contribution in [3.05, 3.63) is 24.3 Å². The molecule has 29 heavy (non-hydrogen) atoms. The molecule has 1 aliphatic carbocycles. The van der Waals surface area contributed by atoms with E-state index in [2.05, 4.69) is 5.32 Å². The fourth-order valence-corrected chi connectivity index (χ4v) is 2.87. The summed E-state index contributed by atoms with van der Waals surface area (Å²) in [6.45, 7) is -0.487. The number of nitrogens with zero attached hydrogens (tertiary/aromatic N) is 1. The minimum atomic E-state index is -1.37. The van der Waals surface area contributed by atoms with Crippen LogP contribution in [0, 0.1) is 5.41 Å². The van der Waals surface area contributed by atoms with Gasteiger partial charge in [-0.25, -0.2) is 13.2 Å². The van der Waals surface area contributed by atoms with Gasteiger partial charge in [-0.3, -0.25) is 24.1 Å². The fourth-order valence-electron chi connectivity index (χ4n) is 2.87. The summed E-state index contributed by atoms with van der Waals surface area (Å²) in [5.74, 6) is -2.62. The number of carbonyl (C=O) groups is 4. The van der Waals surface area contributed by atoms with Gasteiger partial charge >= 0.3 is 5.97 Å². The monoisotopic (exact) mass is 418 g/mol. The third-order valence-corrected chi connectivity index (χ3v) is 4.71. The molecule has 0 aromatic heterocycles. The molecule has 0 atom stereocenters. The lowest BCUT2D eigenvalue weighted by Crippen LogP contribution is -2.51. The third kappa shape index (κ3) is 6.72. The lowest BCUT2D eigenvalue weighted by Gasteiger charge is -2.37. The summed E-state index contributed by atoms with van der Waals surface area (Å²) in [6.07, 6.45) is 6.27. The average Bonchev–Trinajstić information content (AvgIpc) is 3.01. The number of nitrogens with one attached hydrogen (secondary N) is 1. The van der Waals surface area contributed by atoms with Crippen LogP contribution in [0.1, 0.15) is 38.5 Å². The fraction of sp³-hybridized carbons (Fsp3) is 0.579. The Balaban J connectivity index is 0.000000612. The SMILES string of the molecule is COC(=O)C1(C(=O)NCCCCCN2C(=O)C=CC2=O)CCC1.F/C=C(\F)CF. The lowest BCUT2D eigenvalue weighted by atomic mass is 9.68. The van der Waals surface area contributed by atoms with Crippen molar-refractivity contribution in [3.63, 3.8) is 0 Å². The molecule has 10 heteroatoms. The summed E-state index contributed by atoms with van der Waals surface area (Å²) in [4.78, 5) is 47.8. The number of methoxy groups -OCH3 is 1. The van der Waals surface area contributed by atoms with Gasteiger partial charge in [-0.05, 0) is 32.1 Å². The van der Waals surface area contributed by atoms with Crippen LogP contribution < -0.4 is 5.32 Å². The number of carbonyl (C=O) groups excluding carboxylic acids is 4. The van der Waals surface area contributed by atoms with Gasteiger partial charge in [0, 0.05) is 25.2 Å². The van der Waals surface area contributed by atoms with Crippen molar-refractivity contribution < 1.29 is 37.1 Å². The largest absolute Gasteiger partial charge is 0.468 e. The van der Waals surface area contributed by atoms with Crippen LogP contribution in [0.15, 0.2) is 24.3 Å². The lowest BCUT2D eigenvalue weighted by molar-refractivity contribution is -0.165. The Morgan fingerprint density at radius 1 is 1.21 bits per heavy atom. The van der Waals surface area contributed by atoms with Crippen molar-refractivity contribution in [2.24, 2.45) is 5.41 Å². The van der Waals surface area contributed by atoms with E-state index in [-0.39, 0.29) is 17.7 Å². The van der Waals surface area contributed by atoms with Crippen LogP contribution in [0.2, 0.25) is 0 Å². The summed E-state index contributed by atoms with van der Waals surface area (Å²) >= 11 is 0. The number of allylic oxidation sites excluding steroid dienone is 1. The minimum absolute atomic E-state index is 0.260. The van der Waals surface area contributed by atoms with Gasteiger partial charge in [0.2, 0.25) is 5.91 Å². The molecular formula is C19H25F3N2O5. The molecule has 2 rings (SSSR count). The Morgan fingerprint density at radius 2 is 1.83 bits per heavy atom. The molecule has 2 aliphatic rings. The number of imide groups is 1. The molecule has 0 aromatic rings. The van der Waals surface area contributed by atoms with Crippen molar-refractivity contribution in [2.75, 3.05) is 26.9 Å². The first-order valence-electron chi connectivity index (χ1n) is 9.23. The molecule has 1 fully saturated rings. The molecule has 1 saturated carbocycles. The number of amides is 3. The van der Waals surface area contributed by atoms with E-state index in [0.717, 1.165) is 19.3 Å². The summed E-state index contributed by atoms with van der Waals surface area (Å²) in [7, 11) is 1.30. The Labute approximate surface area is 166 Å². The summed E-state index contributed by atoms with van der Waals surface area (Å²) in [5.41, 5.74) is -0.991. The normalized spacial score (nSPS) is 17.4. The number of esters is 1. The maximum Gasteiger partial charge on any atom is 0.321 e. The molecular weight excluding hydrogens is 393 g/mol. The highest BCUT2D eigenvalue weighted by Gasteiger charge is 2.51. The van der Waals surface area contributed by atoms with E-state index in [0.29, 0.717) is 32.4 Å². The summed E-state index contributed by atoms with van der Waals surface area (Å²) in [6, 6.07) is 0. The van der Waals surface area contributed by atoms with E-state index in [1.807, 2.05) is 0 Å². The second-order valence-corrected chi connectivity index (χ2v) is 6.59. The number of hydrogen-bond acceptors (Lipinski definition) is 5. The standard InChI is InChI=1S/C16H22N2O5.C3H3F3/c1-23-15(22)16(8-5-9-16)14(21)17-10-3-2-4-11-18-12(19)6-7-13(18)20;4-1-3(6)2-5/h6-7H,2-5,8-11H2,1H3,(H,17,21);1H,2H2/b;3-1-. The zero-order valence-corrected chi connectivity index (χ0v) is 16.2. The van der Waals surface area contributed by atoms with Crippen LogP contribution in [-0.2, 0) is 23.9 Å². The highest BCUT2D eigenvalue weighted by molar-refractivity contribution is 6.12. The topological polar surface area (TPSA) is 92.8 Å². The molecule has 1 heterocycles. The second kappa shape index (κ2) is 12.0. The molecule has 162 valence electrons. The van der Waals surface area contributed by atoms with Crippen LogP contribution in [-0.4, -0.2) is 55.5 Å². The molecule has 7 nitrogen and oxygen atoms in total. The zero-order chi connectivity index (χ0) is 21.9. The molecule has 1 aliphatic heterocycles. The predicted molar refractivity (Wildman–Crippen MR) is 97.3 cm³/mol. The molecule has 0 spiro atoms. The molecule has 0 radical (unpaired) electrons. The zero-order valence-electron chi connectivity index (χ0n) is 16.2. The first-order valence-corrected chi connectivity index (χ1v) is 9.23. The van der Waals surface area contributed by atoms with E-state index in [9.17, 15) is 32.3 Å². The van der Waals surface area contributed by atoms with E-state index in [1.54, 1.807) is 0 Å². The Kier molecular flexibility index (Phi) is 10.1. The number of alkyl halides is 1. The van der Waals surface area contributed by atoms with Crippen LogP contribution in [0.4, 0.5) is 13.2 Å². The quantitative estimate of drug-likeness (QED) is 0.268. The summed E-state index contributed by atoms with van der Waals surface area (Å²) in [5, 5.41) is 2.79. The van der Waals surface area contributed by atoms with Gasteiger partial charge in [0.1, 0.15) is 18.4 Å². The van der Waals surface area contributed by atoms with Crippen LogP contribution >= 0.6 is 0 Å². The Morgan fingerprint density at radius 3 is 2.24 bits per heavy atom. The third-order valence-electron chi connectivity index (χ3n) is 4.71. The second-order valence-electron chi connectivity index (χ2n) is 6.59. The Bertz CT molecular complexity index is 657.